The maximum atomic E-state index is 12.4. The number of ether oxygens (including phenoxy) is 1. The summed E-state index contributed by atoms with van der Waals surface area (Å²) >= 11 is 0. The monoisotopic (exact) mass is 858 g/mol. The van der Waals surface area contributed by atoms with Crippen LogP contribution in [0.2, 0.25) is 0 Å². The number of carbonyl (C=O) groups excluding carboxylic acids is 2. The predicted molar refractivity (Wildman–Crippen MR) is 264 cm³/mol. The van der Waals surface area contributed by atoms with Crippen LogP contribution in [0.1, 0.15) is 277 Å². The number of hydrogen-bond acceptors (Lipinski definition) is 5. The van der Waals surface area contributed by atoms with Crippen molar-refractivity contribution in [3.05, 3.63) is 36.5 Å². The molecule has 0 bridgehead atoms. The Hall–Kier alpha value is -1.92. The molecule has 0 rings (SSSR count). The largest absolute Gasteiger partial charge is 0.466 e. The number of hydrogen-bond donors (Lipinski definition) is 3. The highest BCUT2D eigenvalue weighted by molar-refractivity contribution is 5.76. The molecule has 3 N–H and O–H groups in total. The standard InChI is InChI=1S/C55H103NO5/c1-3-5-7-9-11-13-15-16-17-19-23-26-29-33-37-41-45-49-55(60)61-50-46-42-38-34-30-27-24-21-18-20-22-25-28-32-36-40-44-48-54(59)56-52(51-57)53(58)47-43-39-35-31-14-12-10-8-6-4-2/h16-18,21,27,30,52-53,57-58H,3-15,19-20,22-26,28-29,31-51H2,1-2H3,(H,56,59)/b17-16-,21-18-,30-27-. The van der Waals surface area contributed by atoms with Gasteiger partial charge in [-0.15, -0.1) is 0 Å². The second kappa shape index (κ2) is 50.7. The molecule has 0 spiro atoms. The third-order valence-corrected chi connectivity index (χ3v) is 12.2. The summed E-state index contributed by atoms with van der Waals surface area (Å²) in [5.41, 5.74) is 0. The minimum Gasteiger partial charge on any atom is -0.466 e. The third kappa shape index (κ3) is 47.4. The zero-order valence-corrected chi connectivity index (χ0v) is 40.6. The van der Waals surface area contributed by atoms with Crippen molar-refractivity contribution in [3.8, 4) is 0 Å². The van der Waals surface area contributed by atoms with E-state index >= 15 is 0 Å². The van der Waals surface area contributed by atoms with Gasteiger partial charge in [-0.25, -0.2) is 0 Å². The number of esters is 1. The zero-order chi connectivity index (χ0) is 44.4. The molecule has 358 valence electrons. The molecular formula is C55H103NO5. The van der Waals surface area contributed by atoms with Gasteiger partial charge in [-0.05, 0) is 89.9 Å². The summed E-state index contributed by atoms with van der Waals surface area (Å²) in [4.78, 5) is 24.4. The second-order valence-corrected chi connectivity index (χ2v) is 18.2. The highest BCUT2D eigenvalue weighted by Gasteiger charge is 2.20. The summed E-state index contributed by atoms with van der Waals surface area (Å²) in [5, 5.41) is 23.1. The first kappa shape index (κ1) is 59.1. The number of rotatable bonds is 49. The molecule has 0 aromatic rings. The van der Waals surface area contributed by atoms with Crippen LogP contribution in [0.4, 0.5) is 0 Å². The van der Waals surface area contributed by atoms with Crippen molar-refractivity contribution >= 4 is 11.9 Å². The molecule has 0 aliphatic heterocycles. The van der Waals surface area contributed by atoms with Crippen molar-refractivity contribution in [1.29, 1.82) is 0 Å². The van der Waals surface area contributed by atoms with E-state index in [1.807, 2.05) is 0 Å². The first-order chi connectivity index (χ1) is 30.0. The molecule has 0 aromatic heterocycles. The topological polar surface area (TPSA) is 95.9 Å². The third-order valence-electron chi connectivity index (χ3n) is 12.2. The Kier molecular flexibility index (Phi) is 49.1. The van der Waals surface area contributed by atoms with Gasteiger partial charge in [0.15, 0.2) is 0 Å². The summed E-state index contributed by atoms with van der Waals surface area (Å²) in [7, 11) is 0. The van der Waals surface area contributed by atoms with E-state index in [-0.39, 0.29) is 18.5 Å². The molecule has 0 aliphatic carbocycles. The molecule has 61 heavy (non-hydrogen) atoms. The van der Waals surface area contributed by atoms with Crippen LogP contribution in [-0.4, -0.2) is 47.4 Å². The van der Waals surface area contributed by atoms with Crippen molar-refractivity contribution < 1.29 is 24.5 Å². The van der Waals surface area contributed by atoms with E-state index in [1.54, 1.807) is 0 Å². The lowest BCUT2D eigenvalue weighted by Crippen LogP contribution is -2.45. The van der Waals surface area contributed by atoms with E-state index in [0.29, 0.717) is 25.9 Å². The highest BCUT2D eigenvalue weighted by Crippen LogP contribution is 2.15. The Balaban J connectivity index is 3.48. The van der Waals surface area contributed by atoms with Crippen molar-refractivity contribution in [1.82, 2.24) is 5.32 Å². The molecule has 1 amide bonds. The van der Waals surface area contributed by atoms with E-state index in [4.69, 9.17) is 4.74 Å². The first-order valence-electron chi connectivity index (χ1n) is 26.7. The first-order valence-corrected chi connectivity index (χ1v) is 26.7. The number of allylic oxidation sites excluding steroid dienone is 6. The molecule has 2 atom stereocenters. The summed E-state index contributed by atoms with van der Waals surface area (Å²) in [5.74, 6) is -0.0730. The fourth-order valence-electron chi connectivity index (χ4n) is 8.02. The molecule has 6 heteroatoms. The average molecular weight is 858 g/mol. The normalized spacial score (nSPS) is 12.9. The molecule has 0 saturated carbocycles. The van der Waals surface area contributed by atoms with Crippen molar-refractivity contribution in [3.63, 3.8) is 0 Å². The van der Waals surface area contributed by atoms with E-state index in [9.17, 15) is 19.8 Å². The summed E-state index contributed by atoms with van der Waals surface area (Å²) < 4.78 is 5.45. The maximum Gasteiger partial charge on any atom is 0.305 e. The Labute approximate surface area is 379 Å². The van der Waals surface area contributed by atoms with Gasteiger partial charge in [0, 0.05) is 12.8 Å². The zero-order valence-electron chi connectivity index (χ0n) is 40.6. The molecule has 0 radical (unpaired) electrons. The van der Waals surface area contributed by atoms with Crippen LogP contribution < -0.4 is 5.32 Å². The van der Waals surface area contributed by atoms with Gasteiger partial charge in [-0.2, -0.15) is 0 Å². The van der Waals surface area contributed by atoms with Crippen LogP contribution >= 0.6 is 0 Å². The Morgan fingerprint density at radius 3 is 1.26 bits per heavy atom. The van der Waals surface area contributed by atoms with Gasteiger partial charge in [-0.1, -0.05) is 211 Å². The second-order valence-electron chi connectivity index (χ2n) is 18.2. The van der Waals surface area contributed by atoms with Gasteiger partial charge >= 0.3 is 5.97 Å². The fourth-order valence-corrected chi connectivity index (χ4v) is 8.02. The quantitative estimate of drug-likeness (QED) is 0.0322. The Bertz CT molecular complexity index is 993. The Morgan fingerprint density at radius 1 is 0.459 bits per heavy atom. The minimum absolute atomic E-state index is 0.0194. The van der Waals surface area contributed by atoms with Gasteiger partial charge in [0.2, 0.25) is 5.91 Å². The average Bonchev–Trinajstić information content (AvgIpc) is 3.26. The lowest BCUT2D eigenvalue weighted by Gasteiger charge is -2.22. The van der Waals surface area contributed by atoms with E-state index < -0.39 is 12.1 Å². The number of aliphatic hydroxyl groups is 2. The number of amides is 1. The van der Waals surface area contributed by atoms with E-state index in [0.717, 1.165) is 83.5 Å². The summed E-state index contributed by atoms with van der Waals surface area (Å²) in [6.45, 7) is 4.88. The molecule has 0 aliphatic rings. The number of nitrogens with one attached hydrogen (secondary N) is 1. The maximum absolute atomic E-state index is 12.4. The summed E-state index contributed by atoms with van der Waals surface area (Å²) in [6.07, 6.45) is 61.3. The van der Waals surface area contributed by atoms with Crippen molar-refractivity contribution in [2.75, 3.05) is 13.2 Å². The van der Waals surface area contributed by atoms with Gasteiger partial charge < -0.3 is 20.3 Å². The fraction of sp³-hybridized carbons (Fsp3) is 0.855. The van der Waals surface area contributed by atoms with Crippen LogP contribution in [-0.2, 0) is 14.3 Å². The molecule has 2 unspecified atom stereocenters. The lowest BCUT2D eigenvalue weighted by atomic mass is 10.0. The van der Waals surface area contributed by atoms with Gasteiger partial charge in [0.25, 0.3) is 0 Å². The molecule has 0 fully saturated rings. The van der Waals surface area contributed by atoms with Gasteiger partial charge in [0.05, 0.1) is 25.4 Å². The molecule has 0 heterocycles. The van der Waals surface area contributed by atoms with Gasteiger partial charge in [0.1, 0.15) is 0 Å². The van der Waals surface area contributed by atoms with Crippen LogP contribution in [0.15, 0.2) is 36.5 Å². The van der Waals surface area contributed by atoms with Crippen LogP contribution in [0.25, 0.3) is 0 Å². The number of aliphatic hydroxyl groups excluding tert-OH is 2. The summed E-state index contributed by atoms with van der Waals surface area (Å²) in [6, 6.07) is -0.552. The van der Waals surface area contributed by atoms with Gasteiger partial charge in [-0.3, -0.25) is 9.59 Å². The molecule has 0 saturated heterocycles. The molecule has 0 aromatic carbocycles. The molecule has 6 nitrogen and oxygen atoms in total. The highest BCUT2D eigenvalue weighted by atomic mass is 16.5. The molecular weight excluding hydrogens is 755 g/mol. The number of carbonyl (C=O) groups is 2. The lowest BCUT2D eigenvalue weighted by molar-refractivity contribution is -0.143. The minimum atomic E-state index is -0.673. The van der Waals surface area contributed by atoms with Crippen molar-refractivity contribution in [2.24, 2.45) is 0 Å². The van der Waals surface area contributed by atoms with Crippen LogP contribution in [0.5, 0.6) is 0 Å². The van der Waals surface area contributed by atoms with E-state index in [2.05, 4.69) is 55.6 Å². The number of unbranched alkanes of at least 4 members (excludes halogenated alkanes) is 32. The SMILES string of the molecule is CCCCCCCC/C=C\CCCCCCCCCC(=O)OCCCCC/C=C\C/C=C\CCCCCCCCCC(=O)NC(CO)C(O)CCCCCCCCCCCC. The van der Waals surface area contributed by atoms with E-state index in [1.165, 1.54) is 161 Å². The van der Waals surface area contributed by atoms with Crippen LogP contribution in [0, 0.1) is 0 Å². The van der Waals surface area contributed by atoms with Crippen molar-refractivity contribution in [2.45, 2.75) is 289 Å². The van der Waals surface area contributed by atoms with Crippen LogP contribution in [0.3, 0.4) is 0 Å². The smallest absolute Gasteiger partial charge is 0.305 e. The predicted octanol–water partition coefficient (Wildman–Crippen LogP) is 16.1. The Morgan fingerprint density at radius 2 is 0.820 bits per heavy atom.